The van der Waals surface area contributed by atoms with Crippen LogP contribution in [0.3, 0.4) is 0 Å². The predicted octanol–water partition coefficient (Wildman–Crippen LogP) is 3.45. The number of fused-ring (bicyclic) bond motifs is 12. The molecule has 0 unspecified atom stereocenters. The molecule has 260 valence electrons. The maximum Gasteiger partial charge on any atom is 0.430 e. The summed E-state index contributed by atoms with van der Waals surface area (Å²) in [7, 11) is 0. The maximum absolute atomic E-state index is 10.5. The van der Waals surface area contributed by atoms with Gasteiger partial charge in [-0.15, -0.1) is 0 Å². The fourth-order valence-electron chi connectivity index (χ4n) is 4.96. The van der Waals surface area contributed by atoms with Crippen LogP contribution in [-0.2, 0) is 22.7 Å². The summed E-state index contributed by atoms with van der Waals surface area (Å²) in [5.74, 6) is -5.41. The fourth-order valence-corrected chi connectivity index (χ4v) is 4.96. The molecule has 0 aliphatic carbocycles. The Morgan fingerprint density at radius 2 is 0.958 bits per heavy atom. The Kier molecular flexibility index (Phi) is 13.0. The van der Waals surface area contributed by atoms with Crippen LogP contribution in [0.25, 0.3) is 21.8 Å². The van der Waals surface area contributed by atoms with Crippen molar-refractivity contribution in [3.05, 3.63) is 60.9 Å². The molecule has 10 nitrogen and oxygen atoms in total. The first-order valence-corrected chi connectivity index (χ1v) is 14.9. The number of aliphatic carboxylic acids is 2. The smallest absolute Gasteiger partial charge is 0.430 e. The van der Waals surface area contributed by atoms with Gasteiger partial charge >= 0.3 is 12.4 Å². The first-order chi connectivity index (χ1) is 22.6. The number of rotatable bonds is 0. The molecule has 4 N–H and O–H groups in total. The molecule has 16 heteroatoms. The summed E-state index contributed by atoms with van der Waals surface area (Å²) in [5.41, 5.74) is 4.46. The number of phenols is 2. The van der Waals surface area contributed by atoms with Crippen molar-refractivity contribution in [3.8, 4) is 11.5 Å². The number of phenolic OH excluding ortho intramolecular Hbond substituents is 2. The lowest BCUT2D eigenvalue weighted by Crippen LogP contribution is -2.37. The van der Waals surface area contributed by atoms with Gasteiger partial charge in [0.05, 0.1) is 22.1 Å². The first kappa shape index (κ1) is 37.4. The standard InChI is InChI=1S/C28H32N4O2.2C2HF3O2/c33-21-7-9-27-23(19-21)25-11-17-31(27)15-5-2-6-16-32-18-12-26(30-14-4-1-3-13-29-25)24-20-22(34)8-10-28(24)32;2*3-2(4,5)1(6)7/h7-12,17-20,33-34H,1-6,13-16H2;2*(H,6,7). The quantitative estimate of drug-likeness (QED) is 0.162. The zero-order valence-electron chi connectivity index (χ0n) is 25.5. The molecule has 0 amide bonds. The van der Waals surface area contributed by atoms with Gasteiger partial charge in [-0.1, -0.05) is 0 Å². The lowest BCUT2D eigenvalue weighted by molar-refractivity contribution is -0.675. The van der Waals surface area contributed by atoms with E-state index in [4.69, 9.17) is 19.8 Å². The van der Waals surface area contributed by atoms with Crippen molar-refractivity contribution in [1.29, 1.82) is 0 Å². The van der Waals surface area contributed by atoms with Crippen molar-refractivity contribution in [3.63, 3.8) is 0 Å². The number of pyridine rings is 2. The average Bonchev–Trinajstić information content (AvgIpc) is 3.00. The Morgan fingerprint density at radius 1 is 0.604 bits per heavy atom. The Balaban J connectivity index is 0.000000376. The van der Waals surface area contributed by atoms with Crippen LogP contribution in [0.4, 0.5) is 37.7 Å². The number of hydrogen-bond donors (Lipinski definition) is 4. The van der Waals surface area contributed by atoms with Crippen molar-refractivity contribution in [1.82, 2.24) is 0 Å². The molecule has 2 aliphatic rings. The van der Waals surface area contributed by atoms with E-state index in [1.165, 1.54) is 0 Å². The van der Waals surface area contributed by atoms with E-state index in [-0.39, 0.29) is 0 Å². The molecule has 0 spiro atoms. The van der Waals surface area contributed by atoms with Crippen LogP contribution in [0, 0.1) is 0 Å². The van der Waals surface area contributed by atoms with Gasteiger partial charge < -0.3 is 40.6 Å². The summed E-state index contributed by atoms with van der Waals surface area (Å²) in [6.07, 6.45) is 0.513. The van der Waals surface area contributed by atoms with Gasteiger partial charge in [0.2, 0.25) is 11.0 Å². The highest BCUT2D eigenvalue weighted by Crippen LogP contribution is 2.26. The van der Waals surface area contributed by atoms with Gasteiger partial charge in [0.1, 0.15) is 36.5 Å². The van der Waals surface area contributed by atoms with Crippen molar-refractivity contribution in [2.24, 2.45) is 0 Å². The third-order valence-corrected chi connectivity index (χ3v) is 7.25. The minimum Gasteiger partial charge on any atom is -0.542 e. The normalized spacial score (nSPS) is 14.5. The summed E-state index contributed by atoms with van der Waals surface area (Å²) >= 11 is 0. The van der Waals surface area contributed by atoms with Crippen molar-refractivity contribution in [2.45, 2.75) is 64.0 Å². The molecule has 4 bridgehead atoms. The molecule has 4 aromatic rings. The Morgan fingerprint density at radius 3 is 1.31 bits per heavy atom. The number of carbonyl (C=O) groups excluding carboxylic acids is 2. The summed E-state index contributed by atoms with van der Waals surface area (Å²) in [6, 6.07) is 15.6. The summed E-state index contributed by atoms with van der Waals surface area (Å²) in [4.78, 5) is 17.6. The van der Waals surface area contributed by atoms with E-state index in [0.29, 0.717) is 11.5 Å². The van der Waals surface area contributed by atoms with Crippen LogP contribution < -0.4 is 30.0 Å². The van der Waals surface area contributed by atoms with E-state index >= 15 is 0 Å². The van der Waals surface area contributed by atoms with Crippen molar-refractivity contribution in [2.75, 3.05) is 23.7 Å². The second kappa shape index (κ2) is 16.7. The number of alkyl halides is 6. The van der Waals surface area contributed by atoms with E-state index in [9.17, 15) is 36.6 Å². The van der Waals surface area contributed by atoms with E-state index in [2.05, 4.69) is 44.3 Å². The molecule has 6 rings (SSSR count). The van der Waals surface area contributed by atoms with Gasteiger partial charge in [-0.25, -0.2) is 0 Å². The van der Waals surface area contributed by atoms with Gasteiger partial charge in [-0.3, -0.25) is 0 Å². The number of benzene rings is 2. The SMILES string of the molecule is O=C([O-])C(F)(F)F.O=C([O-])C(F)(F)F.Oc1ccc2c(c1)c1cc[n+]2CCCCC[n+]2ccc(c3cc(O)ccc32)NCCCCCN1. The van der Waals surface area contributed by atoms with Crippen LogP contribution in [0.15, 0.2) is 60.9 Å². The second-order valence-electron chi connectivity index (χ2n) is 10.8. The number of anilines is 2. The molecule has 0 saturated carbocycles. The predicted molar refractivity (Wildman–Crippen MR) is 158 cm³/mol. The number of aromatic hydroxyl groups is 2. The zero-order chi connectivity index (χ0) is 35.5. The minimum absolute atomic E-state index is 0.303. The van der Waals surface area contributed by atoms with Crippen LogP contribution in [0.5, 0.6) is 11.5 Å². The third kappa shape index (κ3) is 11.1. The number of carbonyl (C=O) groups is 2. The van der Waals surface area contributed by atoms with Gasteiger partial charge in [0.25, 0.3) is 0 Å². The first-order valence-electron chi connectivity index (χ1n) is 14.9. The van der Waals surface area contributed by atoms with Crippen LogP contribution >= 0.6 is 0 Å². The number of nitrogens with one attached hydrogen (secondary N) is 2. The monoisotopic (exact) mass is 684 g/mol. The molecule has 4 heterocycles. The molecule has 0 radical (unpaired) electrons. The van der Waals surface area contributed by atoms with E-state index in [1.54, 1.807) is 12.1 Å². The molecule has 2 aliphatic heterocycles. The molecule has 0 saturated heterocycles. The Labute approximate surface area is 270 Å². The van der Waals surface area contributed by atoms with Crippen LogP contribution in [0.1, 0.15) is 38.5 Å². The number of nitrogens with zero attached hydrogens (tertiary/aromatic N) is 2. The summed E-state index contributed by atoms with van der Waals surface area (Å²) in [5, 5.41) is 47.0. The molecule has 0 fully saturated rings. The van der Waals surface area contributed by atoms with Crippen molar-refractivity contribution < 1.29 is 65.5 Å². The van der Waals surface area contributed by atoms with E-state index in [0.717, 1.165) is 97.9 Å². The maximum atomic E-state index is 10.5. The number of halogens is 6. The molecule has 48 heavy (non-hydrogen) atoms. The van der Waals surface area contributed by atoms with Gasteiger partial charge in [0, 0.05) is 50.2 Å². The van der Waals surface area contributed by atoms with E-state index < -0.39 is 24.3 Å². The zero-order valence-corrected chi connectivity index (χ0v) is 25.5. The van der Waals surface area contributed by atoms with Gasteiger partial charge in [-0.05, 0) is 49.9 Å². The summed E-state index contributed by atoms with van der Waals surface area (Å²) < 4.78 is 67.7. The molecular formula is C32H34F6N4O6. The molecule has 2 aromatic carbocycles. The Hall–Kier alpha value is -5.02. The van der Waals surface area contributed by atoms with Crippen LogP contribution in [-0.4, -0.2) is 47.6 Å². The molecule has 0 atom stereocenters. The highest BCUT2D eigenvalue weighted by atomic mass is 19.4. The number of carboxylic acid groups (broad SMARTS) is 2. The number of hydrogen-bond acceptors (Lipinski definition) is 8. The molecular weight excluding hydrogens is 650 g/mol. The largest absolute Gasteiger partial charge is 0.542 e. The number of aryl methyl sites for hydroxylation is 2. The fraction of sp³-hybridized carbons (Fsp3) is 0.375. The lowest BCUT2D eigenvalue weighted by atomic mass is 10.1. The number of aromatic nitrogens is 2. The minimum atomic E-state index is -5.19. The van der Waals surface area contributed by atoms with Crippen molar-refractivity contribution >= 4 is 45.1 Å². The third-order valence-electron chi connectivity index (χ3n) is 7.25. The highest BCUT2D eigenvalue weighted by Gasteiger charge is 2.29. The molecule has 2 aromatic heterocycles. The topological polar surface area (TPSA) is 153 Å². The highest BCUT2D eigenvalue weighted by molar-refractivity contribution is 5.90. The second-order valence-corrected chi connectivity index (χ2v) is 10.8. The summed E-state index contributed by atoms with van der Waals surface area (Å²) in [6.45, 7) is 3.70. The van der Waals surface area contributed by atoms with Gasteiger partial charge in [-0.2, -0.15) is 35.5 Å². The average molecular weight is 685 g/mol. The lowest BCUT2D eigenvalue weighted by Gasteiger charge is -2.12. The Bertz CT molecular complexity index is 1590. The van der Waals surface area contributed by atoms with E-state index in [1.807, 2.05) is 24.3 Å². The van der Waals surface area contributed by atoms with Gasteiger partial charge in [0.15, 0.2) is 12.4 Å². The number of carboxylic acids is 2. The van der Waals surface area contributed by atoms with Crippen LogP contribution in [0.2, 0.25) is 0 Å².